The number of nitrogens with zero attached hydrogens (tertiary/aromatic N) is 1. The average Bonchev–Trinajstić information content (AvgIpc) is 2.68. The van der Waals surface area contributed by atoms with Crippen LogP contribution in [0.25, 0.3) is 16.7 Å². The second kappa shape index (κ2) is 3.36. The molecule has 3 N–H and O–H groups in total. The largest absolute Gasteiger partial charge is 0.506 e. The Labute approximate surface area is 96.6 Å². The smallest absolute Gasteiger partial charge is 0.151 e. The molecule has 0 aliphatic carbocycles. The van der Waals surface area contributed by atoms with Gasteiger partial charge in [0.1, 0.15) is 5.76 Å². The highest BCUT2D eigenvalue weighted by Crippen LogP contribution is 2.36. The van der Waals surface area contributed by atoms with E-state index in [0.29, 0.717) is 22.6 Å². The van der Waals surface area contributed by atoms with Crippen LogP contribution in [0, 0.1) is 0 Å². The number of nitrogens with one attached hydrogen (secondary N) is 1. The van der Waals surface area contributed by atoms with Crippen molar-refractivity contribution in [2.24, 2.45) is 0 Å². The number of carbonyl (C=O) groups is 1. The maximum Gasteiger partial charge on any atom is 0.151 e. The Kier molecular flexibility index (Phi) is 1.96. The normalized spacial score (nSPS) is 19.0. The number of hydrogen-bond donors (Lipinski definition) is 3. The summed E-state index contributed by atoms with van der Waals surface area (Å²) < 4.78 is 0. The number of aldehydes is 1. The third-order valence-electron chi connectivity index (χ3n) is 2.96. The van der Waals surface area contributed by atoms with E-state index in [1.165, 1.54) is 0 Å². The molecule has 1 atom stereocenters. The molecule has 3 rings (SSSR count). The van der Waals surface area contributed by atoms with Crippen LogP contribution in [-0.4, -0.2) is 26.6 Å². The van der Waals surface area contributed by atoms with Gasteiger partial charge in [0, 0.05) is 16.5 Å². The molecule has 1 aromatic heterocycles. The monoisotopic (exact) mass is 230 g/mol. The number of hydroxylamine groups is 2. The van der Waals surface area contributed by atoms with E-state index in [1.54, 1.807) is 0 Å². The quantitative estimate of drug-likeness (QED) is 0.654. The number of aliphatic hydroxyl groups excluding tert-OH is 1. The summed E-state index contributed by atoms with van der Waals surface area (Å²) in [6.07, 6.45) is 1.76. The van der Waals surface area contributed by atoms with E-state index >= 15 is 0 Å². The third-order valence-corrected chi connectivity index (χ3v) is 2.96. The van der Waals surface area contributed by atoms with Crippen molar-refractivity contribution in [3.8, 4) is 0 Å². The number of aromatic amines is 1. The molecule has 1 aliphatic rings. The molecular formula is C12H10N2O3. The van der Waals surface area contributed by atoms with E-state index in [0.717, 1.165) is 17.1 Å². The highest BCUT2D eigenvalue weighted by molar-refractivity contribution is 5.94. The van der Waals surface area contributed by atoms with Crippen LogP contribution >= 0.6 is 0 Å². The number of H-pyrrole nitrogens is 1. The van der Waals surface area contributed by atoms with Gasteiger partial charge in [-0.2, -0.15) is 0 Å². The fourth-order valence-corrected chi connectivity index (χ4v) is 2.19. The lowest BCUT2D eigenvalue weighted by Gasteiger charge is -2.24. The molecule has 1 aromatic carbocycles. The van der Waals surface area contributed by atoms with Crippen LogP contribution in [0.2, 0.25) is 0 Å². The number of para-hydroxylation sites is 1. The molecule has 1 aliphatic heterocycles. The van der Waals surface area contributed by atoms with E-state index in [1.807, 2.05) is 24.3 Å². The van der Waals surface area contributed by atoms with Crippen LogP contribution in [0.15, 0.2) is 30.5 Å². The van der Waals surface area contributed by atoms with Gasteiger partial charge >= 0.3 is 0 Å². The number of aromatic nitrogens is 1. The van der Waals surface area contributed by atoms with Crippen molar-refractivity contribution in [1.82, 2.24) is 10.0 Å². The van der Waals surface area contributed by atoms with Crippen molar-refractivity contribution in [3.63, 3.8) is 0 Å². The van der Waals surface area contributed by atoms with E-state index in [4.69, 9.17) is 0 Å². The minimum Gasteiger partial charge on any atom is -0.506 e. The molecule has 17 heavy (non-hydrogen) atoms. The molecule has 5 nitrogen and oxygen atoms in total. The van der Waals surface area contributed by atoms with E-state index in [2.05, 4.69) is 4.98 Å². The van der Waals surface area contributed by atoms with Gasteiger partial charge in [0.25, 0.3) is 0 Å². The van der Waals surface area contributed by atoms with Gasteiger partial charge in [0.15, 0.2) is 12.3 Å². The predicted molar refractivity (Wildman–Crippen MR) is 61.3 cm³/mol. The highest BCUT2D eigenvalue weighted by Gasteiger charge is 2.29. The fraction of sp³-hybridized carbons (Fsp3) is 0.0833. The van der Waals surface area contributed by atoms with Gasteiger partial charge in [-0.1, -0.05) is 18.2 Å². The van der Waals surface area contributed by atoms with Crippen LogP contribution in [0.3, 0.4) is 0 Å². The minimum absolute atomic E-state index is 0.0574. The molecule has 5 heteroatoms. The summed E-state index contributed by atoms with van der Waals surface area (Å²) in [6, 6.07) is 6.60. The van der Waals surface area contributed by atoms with Crippen LogP contribution in [0.5, 0.6) is 0 Å². The van der Waals surface area contributed by atoms with Crippen LogP contribution in [-0.2, 0) is 4.79 Å². The zero-order valence-corrected chi connectivity index (χ0v) is 8.79. The Morgan fingerprint density at radius 3 is 2.88 bits per heavy atom. The zero-order valence-electron chi connectivity index (χ0n) is 8.79. The maximum absolute atomic E-state index is 11.0. The third kappa shape index (κ3) is 1.26. The summed E-state index contributed by atoms with van der Waals surface area (Å²) in [5, 5.41) is 20.9. The molecule has 0 bridgehead atoms. The number of hydrogen-bond acceptors (Lipinski definition) is 4. The van der Waals surface area contributed by atoms with Gasteiger partial charge in [-0.3, -0.25) is 5.21 Å². The maximum atomic E-state index is 11.0. The minimum atomic E-state index is -0.812. The molecule has 0 saturated heterocycles. The molecule has 0 saturated carbocycles. The molecule has 1 unspecified atom stereocenters. The van der Waals surface area contributed by atoms with Gasteiger partial charge in [0.2, 0.25) is 0 Å². The van der Waals surface area contributed by atoms with Gasteiger partial charge in [-0.25, -0.2) is 5.06 Å². The molecule has 0 radical (unpaired) electrons. The Hall–Kier alpha value is -2.27. The molecule has 0 fully saturated rings. The number of fused-ring (bicyclic) bond motifs is 3. The molecule has 0 amide bonds. The summed E-state index contributed by atoms with van der Waals surface area (Å²) in [5.41, 5.74) is 1.89. The van der Waals surface area contributed by atoms with Gasteiger partial charge in [-0.15, -0.1) is 0 Å². The second-order valence-corrected chi connectivity index (χ2v) is 3.93. The Balaban J connectivity index is 2.36. The summed E-state index contributed by atoms with van der Waals surface area (Å²) in [6.45, 7) is 0. The first-order valence-electron chi connectivity index (χ1n) is 5.16. The molecule has 2 heterocycles. The average molecular weight is 230 g/mol. The predicted octanol–water partition coefficient (Wildman–Crippen LogP) is 1.97. The van der Waals surface area contributed by atoms with Crippen molar-refractivity contribution < 1.29 is 15.1 Å². The summed E-state index contributed by atoms with van der Waals surface area (Å²) in [7, 11) is 0. The van der Waals surface area contributed by atoms with Crippen LogP contribution in [0.4, 0.5) is 0 Å². The van der Waals surface area contributed by atoms with Gasteiger partial charge < -0.3 is 14.9 Å². The van der Waals surface area contributed by atoms with E-state index < -0.39 is 6.04 Å². The lowest BCUT2D eigenvalue weighted by Crippen LogP contribution is -2.25. The molecule has 86 valence electrons. The van der Waals surface area contributed by atoms with Crippen molar-refractivity contribution >= 4 is 22.9 Å². The molecule has 0 spiro atoms. The highest BCUT2D eigenvalue weighted by atomic mass is 16.5. The topological polar surface area (TPSA) is 76.6 Å². The molecule has 2 aromatic rings. The van der Waals surface area contributed by atoms with Crippen molar-refractivity contribution in [3.05, 3.63) is 41.7 Å². The van der Waals surface area contributed by atoms with Crippen molar-refractivity contribution in [2.75, 3.05) is 0 Å². The summed E-state index contributed by atoms with van der Waals surface area (Å²) in [5.74, 6) is -0.0574. The first kappa shape index (κ1) is 9.92. The number of carbonyl (C=O) groups excluding carboxylic acids is 1. The first-order valence-corrected chi connectivity index (χ1v) is 5.16. The number of aliphatic hydroxyl groups is 1. The Morgan fingerprint density at radius 1 is 1.35 bits per heavy atom. The van der Waals surface area contributed by atoms with Crippen LogP contribution < -0.4 is 0 Å². The number of benzene rings is 1. The van der Waals surface area contributed by atoms with Gasteiger partial charge in [-0.05, 0) is 6.07 Å². The van der Waals surface area contributed by atoms with Crippen molar-refractivity contribution in [1.29, 1.82) is 0 Å². The summed E-state index contributed by atoms with van der Waals surface area (Å²) >= 11 is 0. The second-order valence-electron chi connectivity index (χ2n) is 3.93. The summed E-state index contributed by atoms with van der Waals surface area (Å²) in [4.78, 5) is 14.0. The Morgan fingerprint density at radius 2 is 2.12 bits per heavy atom. The zero-order chi connectivity index (χ0) is 12.0. The Bertz CT molecular complexity index is 630. The van der Waals surface area contributed by atoms with E-state index in [9.17, 15) is 15.1 Å². The standard InChI is InChI=1S/C12H10N2O3/c15-6-9-12-11(10(16)5-14(9)17)7-3-1-2-4-8(7)13-12/h1-6,9,13,16-17H. The van der Waals surface area contributed by atoms with Crippen LogP contribution in [0.1, 0.15) is 17.3 Å². The fourth-order valence-electron chi connectivity index (χ4n) is 2.19. The molecular weight excluding hydrogens is 220 g/mol. The lowest BCUT2D eigenvalue weighted by molar-refractivity contribution is -0.128. The first-order chi connectivity index (χ1) is 8.22. The van der Waals surface area contributed by atoms with E-state index in [-0.39, 0.29) is 5.76 Å². The lowest BCUT2D eigenvalue weighted by atomic mass is 10.0. The number of rotatable bonds is 1. The van der Waals surface area contributed by atoms with Crippen molar-refractivity contribution in [2.45, 2.75) is 6.04 Å². The SMILES string of the molecule is O=CC1c2[nH]c3ccccc3c2C(O)=CN1O. The van der Waals surface area contributed by atoms with Gasteiger partial charge in [0.05, 0.1) is 11.9 Å².